The molecule has 0 aliphatic rings. The fourth-order valence-electron chi connectivity index (χ4n) is 2.52. The topological polar surface area (TPSA) is 80.3 Å². The summed E-state index contributed by atoms with van der Waals surface area (Å²) in [5, 5.41) is 5.67. The van der Waals surface area contributed by atoms with Gasteiger partial charge >= 0.3 is 0 Å². The van der Waals surface area contributed by atoms with Crippen LogP contribution < -0.4 is 15.4 Å². The van der Waals surface area contributed by atoms with E-state index in [1.807, 2.05) is 18.2 Å². The van der Waals surface area contributed by atoms with E-state index in [9.17, 15) is 9.59 Å². The second-order valence-corrected chi connectivity index (χ2v) is 5.78. The van der Waals surface area contributed by atoms with Gasteiger partial charge in [0.25, 0.3) is 11.8 Å². The lowest BCUT2D eigenvalue weighted by atomic mass is 10.1. The van der Waals surface area contributed by atoms with E-state index in [1.165, 1.54) is 13.3 Å². The molecule has 6 nitrogen and oxygen atoms in total. The van der Waals surface area contributed by atoms with Crippen molar-refractivity contribution in [2.45, 2.75) is 6.54 Å². The zero-order valence-corrected chi connectivity index (χ0v) is 14.8. The molecule has 2 amide bonds. The van der Waals surface area contributed by atoms with Gasteiger partial charge in [-0.1, -0.05) is 24.3 Å². The fourth-order valence-corrected chi connectivity index (χ4v) is 2.52. The Morgan fingerprint density at radius 2 is 1.74 bits per heavy atom. The van der Waals surface area contributed by atoms with Gasteiger partial charge in [-0.05, 0) is 42.0 Å². The van der Waals surface area contributed by atoms with Crippen molar-refractivity contribution in [2.75, 3.05) is 12.4 Å². The summed E-state index contributed by atoms with van der Waals surface area (Å²) in [5.41, 5.74) is 2.56. The van der Waals surface area contributed by atoms with Gasteiger partial charge in [-0.3, -0.25) is 14.6 Å². The molecule has 3 aromatic rings. The van der Waals surface area contributed by atoms with Gasteiger partial charge < -0.3 is 15.4 Å². The highest BCUT2D eigenvalue weighted by molar-refractivity contribution is 6.04. The maximum absolute atomic E-state index is 12.3. The number of anilines is 1. The SMILES string of the molecule is COc1ccccc1C(=O)NCc1ccc(NC(=O)c2cccnc2)cc1. The molecule has 0 radical (unpaired) electrons. The van der Waals surface area contributed by atoms with E-state index >= 15 is 0 Å². The fraction of sp³-hybridized carbons (Fsp3) is 0.0952. The Labute approximate surface area is 157 Å². The lowest BCUT2D eigenvalue weighted by molar-refractivity contribution is 0.0947. The summed E-state index contributed by atoms with van der Waals surface area (Å²) in [7, 11) is 1.53. The molecule has 0 saturated carbocycles. The lowest BCUT2D eigenvalue weighted by Gasteiger charge is -2.10. The van der Waals surface area contributed by atoms with Crippen molar-refractivity contribution in [3.63, 3.8) is 0 Å². The molecule has 136 valence electrons. The first kappa shape index (κ1) is 18.1. The standard InChI is InChI=1S/C21H19N3O3/c1-27-19-7-3-2-6-18(19)21(26)23-13-15-8-10-17(11-9-15)24-20(25)16-5-4-12-22-14-16/h2-12,14H,13H2,1H3,(H,23,26)(H,24,25). The van der Waals surface area contributed by atoms with Crippen molar-refractivity contribution in [2.24, 2.45) is 0 Å². The van der Waals surface area contributed by atoms with Crippen LogP contribution in [0.3, 0.4) is 0 Å². The highest BCUT2D eigenvalue weighted by Crippen LogP contribution is 2.17. The Morgan fingerprint density at radius 1 is 0.963 bits per heavy atom. The van der Waals surface area contributed by atoms with Gasteiger partial charge in [-0.2, -0.15) is 0 Å². The predicted octanol–water partition coefficient (Wildman–Crippen LogP) is 3.27. The number of methoxy groups -OCH3 is 1. The third-order valence-corrected chi connectivity index (χ3v) is 3.94. The van der Waals surface area contributed by atoms with Crippen molar-refractivity contribution in [1.29, 1.82) is 0 Å². The largest absolute Gasteiger partial charge is 0.496 e. The molecule has 1 heterocycles. The van der Waals surface area contributed by atoms with Crippen LogP contribution in [0.1, 0.15) is 26.3 Å². The van der Waals surface area contributed by atoms with E-state index in [0.29, 0.717) is 29.1 Å². The van der Waals surface area contributed by atoms with E-state index in [2.05, 4.69) is 15.6 Å². The molecule has 0 atom stereocenters. The van der Waals surface area contributed by atoms with E-state index in [4.69, 9.17) is 4.74 Å². The van der Waals surface area contributed by atoms with Crippen molar-refractivity contribution in [3.8, 4) is 5.75 Å². The van der Waals surface area contributed by atoms with Crippen LogP contribution in [0.2, 0.25) is 0 Å². The molecule has 6 heteroatoms. The predicted molar refractivity (Wildman–Crippen MR) is 103 cm³/mol. The van der Waals surface area contributed by atoms with Gasteiger partial charge in [0.1, 0.15) is 5.75 Å². The number of hydrogen-bond acceptors (Lipinski definition) is 4. The first-order valence-corrected chi connectivity index (χ1v) is 8.39. The molecule has 2 aromatic carbocycles. The lowest BCUT2D eigenvalue weighted by Crippen LogP contribution is -2.23. The molecule has 0 fully saturated rings. The summed E-state index contributed by atoms with van der Waals surface area (Å²) >= 11 is 0. The number of carbonyl (C=O) groups excluding carboxylic acids is 2. The summed E-state index contributed by atoms with van der Waals surface area (Å²) in [4.78, 5) is 28.4. The summed E-state index contributed by atoms with van der Waals surface area (Å²) < 4.78 is 5.20. The first-order chi connectivity index (χ1) is 13.2. The summed E-state index contributed by atoms with van der Waals surface area (Å²) in [6, 6.07) is 17.7. The van der Waals surface area contributed by atoms with E-state index in [1.54, 1.807) is 48.7 Å². The number of aromatic nitrogens is 1. The highest BCUT2D eigenvalue weighted by Gasteiger charge is 2.11. The van der Waals surface area contributed by atoms with Crippen molar-refractivity contribution < 1.29 is 14.3 Å². The quantitative estimate of drug-likeness (QED) is 0.706. The van der Waals surface area contributed by atoms with E-state index < -0.39 is 0 Å². The Bertz CT molecular complexity index is 925. The molecule has 0 unspecified atom stereocenters. The number of rotatable bonds is 6. The molecule has 0 aliphatic carbocycles. The minimum absolute atomic E-state index is 0.207. The van der Waals surface area contributed by atoms with Gasteiger partial charge in [-0.25, -0.2) is 0 Å². The second-order valence-electron chi connectivity index (χ2n) is 5.78. The first-order valence-electron chi connectivity index (χ1n) is 8.39. The number of hydrogen-bond donors (Lipinski definition) is 2. The van der Waals surface area contributed by atoms with Gasteiger partial charge in [0.15, 0.2) is 0 Å². The number of benzene rings is 2. The van der Waals surface area contributed by atoms with Crippen LogP contribution in [0.4, 0.5) is 5.69 Å². The number of pyridine rings is 1. The Morgan fingerprint density at radius 3 is 2.44 bits per heavy atom. The average Bonchev–Trinajstić information content (AvgIpc) is 2.73. The minimum atomic E-state index is -0.222. The summed E-state index contributed by atoms with van der Waals surface area (Å²) in [6.45, 7) is 0.369. The summed E-state index contributed by atoms with van der Waals surface area (Å²) in [6.07, 6.45) is 3.13. The van der Waals surface area contributed by atoms with Gasteiger partial charge in [0.2, 0.25) is 0 Å². The molecular weight excluding hydrogens is 342 g/mol. The van der Waals surface area contributed by atoms with Crippen LogP contribution in [-0.2, 0) is 6.54 Å². The second kappa shape index (κ2) is 8.62. The van der Waals surface area contributed by atoms with Crippen molar-refractivity contribution >= 4 is 17.5 Å². The van der Waals surface area contributed by atoms with Crippen LogP contribution in [0.25, 0.3) is 0 Å². The highest BCUT2D eigenvalue weighted by atomic mass is 16.5. The average molecular weight is 361 g/mol. The van der Waals surface area contributed by atoms with Crippen LogP contribution in [0, 0.1) is 0 Å². The molecule has 0 aliphatic heterocycles. The summed E-state index contributed by atoms with van der Waals surface area (Å²) in [5.74, 6) is 0.102. The Balaban J connectivity index is 1.58. The van der Waals surface area contributed by atoms with Crippen LogP contribution in [0.5, 0.6) is 5.75 Å². The van der Waals surface area contributed by atoms with Crippen LogP contribution in [0.15, 0.2) is 73.1 Å². The molecule has 27 heavy (non-hydrogen) atoms. The minimum Gasteiger partial charge on any atom is -0.496 e. The van der Waals surface area contributed by atoms with Crippen LogP contribution in [-0.4, -0.2) is 23.9 Å². The van der Waals surface area contributed by atoms with E-state index in [0.717, 1.165) is 5.56 Å². The maximum atomic E-state index is 12.3. The molecule has 3 rings (SSSR count). The molecule has 0 bridgehead atoms. The van der Waals surface area contributed by atoms with Gasteiger partial charge in [0.05, 0.1) is 18.2 Å². The van der Waals surface area contributed by atoms with E-state index in [-0.39, 0.29) is 11.8 Å². The number of carbonyl (C=O) groups is 2. The molecule has 0 saturated heterocycles. The zero-order valence-electron chi connectivity index (χ0n) is 14.8. The molecule has 0 spiro atoms. The third kappa shape index (κ3) is 4.70. The molecule has 1 aromatic heterocycles. The number of amides is 2. The Hall–Kier alpha value is -3.67. The molecular formula is C21H19N3O3. The van der Waals surface area contributed by atoms with Gasteiger partial charge in [-0.15, -0.1) is 0 Å². The number of nitrogens with one attached hydrogen (secondary N) is 2. The normalized spacial score (nSPS) is 10.1. The zero-order chi connectivity index (χ0) is 19.1. The van der Waals surface area contributed by atoms with Crippen molar-refractivity contribution in [1.82, 2.24) is 10.3 Å². The number of nitrogens with zero attached hydrogens (tertiary/aromatic N) is 1. The third-order valence-electron chi connectivity index (χ3n) is 3.94. The molecule has 2 N–H and O–H groups in total. The van der Waals surface area contributed by atoms with Crippen LogP contribution >= 0.6 is 0 Å². The van der Waals surface area contributed by atoms with Crippen molar-refractivity contribution in [3.05, 3.63) is 89.7 Å². The monoisotopic (exact) mass is 361 g/mol. The smallest absolute Gasteiger partial charge is 0.257 e. The number of ether oxygens (including phenoxy) is 1. The Kier molecular flexibility index (Phi) is 5.79. The maximum Gasteiger partial charge on any atom is 0.257 e. The number of para-hydroxylation sites is 1. The van der Waals surface area contributed by atoms with Gasteiger partial charge in [0, 0.05) is 24.6 Å².